The summed E-state index contributed by atoms with van der Waals surface area (Å²) < 4.78 is 0. The number of amides is 1. The lowest BCUT2D eigenvalue weighted by molar-refractivity contribution is -0.120. The van der Waals surface area contributed by atoms with Gasteiger partial charge in [0.05, 0.1) is 6.04 Å². The van der Waals surface area contributed by atoms with E-state index in [-0.39, 0.29) is 11.9 Å². The Hall–Kier alpha value is -2.20. The number of anilines is 1. The van der Waals surface area contributed by atoms with Crippen LogP contribution >= 0.6 is 0 Å². The molecule has 1 fully saturated rings. The van der Waals surface area contributed by atoms with Gasteiger partial charge in [-0.05, 0) is 49.1 Å². The molecule has 3 heterocycles. The van der Waals surface area contributed by atoms with Crippen LogP contribution in [0.25, 0.3) is 11.1 Å². The third kappa shape index (κ3) is 2.20. The molecule has 0 aliphatic carbocycles. The molecule has 0 saturated carbocycles. The Morgan fingerprint density at radius 3 is 3.00 bits per heavy atom. The maximum absolute atomic E-state index is 12.7. The van der Waals surface area contributed by atoms with Gasteiger partial charge in [0.2, 0.25) is 5.91 Å². The average molecular weight is 293 g/mol. The second kappa shape index (κ2) is 5.54. The number of hydrogen-bond acceptors (Lipinski definition) is 3. The number of nitrogens with one attached hydrogen (secondary N) is 1. The molecule has 2 aliphatic rings. The van der Waals surface area contributed by atoms with Crippen LogP contribution in [0.5, 0.6) is 0 Å². The van der Waals surface area contributed by atoms with E-state index in [4.69, 9.17) is 0 Å². The number of rotatable bonds is 2. The Bertz CT molecular complexity index is 693. The van der Waals surface area contributed by atoms with Crippen molar-refractivity contribution in [3.63, 3.8) is 0 Å². The van der Waals surface area contributed by atoms with Crippen molar-refractivity contribution in [2.24, 2.45) is 0 Å². The number of nitrogens with zero attached hydrogens (tertiary/aromatic N) is 2. The van der Waals surface area contributed by atoms with Crippen molar-refractivity contribution in [2.75, 3.05) is 18.0 Å². The van der Waals surface area contributed by atoms with Gasteiger partial charge in [-0.2, -0.15) is 0 Å². The minimum absolute atomic E-state index is 0.00648. The fourth-order valence-electron chi connectivity index (χ4n) is 3.54. The van der Waals surface area contributed by atoms with Gasteiger partial charge in [-0.1, -0.05) is 18.2 Å². The van der Waals surface area contributed by atoms with Crippen LogP contribution in [-0.4, -0.2) is 30.0 Å². The number of pyridine rings is 1. The van der Waals surface area contributed by atoms with Crippen molar-refractivity contribution in [3.8, 4) is 11.1 Å². The number of carbonyl (C=O) groups excluding carboxylic acids is 1. The van der Waals surface area contributed by atoms with E-state index in [2.05, 4.69) is 28.5 Å². The molecule has 22 heavy (non-hydrogen) atoms. The average Bonchev–Trinajstić information content (AvgIpc) is 3.24. The Morgan fingerprint density at radius 1 is 1.27 bits per heavy atom. The highest BCUT2D eigenvalue weighted by atomic mass is 16.2. The Morgan fingerprint density at radius 2 is 2.23 bits per heavy atom. The van der Waals surface area contributed by atoms with Crippen molar-refractivity contribution in [2.45, 2.75) is 25.3 Å². The molecule has 0 unspecified atom stereocenters. The van der Waals surface area contributed by atoms with Gasteiger partial charge < -0.3 is 10.2 Å². The largest absolute Gasteiger partial charge is 0.310 e. The van der Waals surface area contributed by atoms with Crippen molar-refractivity contribution in [1.29, 1.82) is 0 Å². The molecule has 1 amide bonds. The Balaban J connectivity index is 1.70. The molecule has 2 aliphatic heterocycles. The number of aromatic nitrogens is 1. The van der Waals surface area contributed by atoms with E-state index in [1.54, 1.807) is 6.20 Å². The molecule has 2 aromatic rings. The van der Waals surface area contributed by atoms with Gasteiger partial charge in [0.25, 0.3) is 0 Å². The summed E-state index contributed by atoms with van der Waals surface area (Å²) in [6.45, 7) is 1.73. The molecule has 1 saturated heterocycles. The molecular formula is C18H19N3O. The highest BCUT2D eigenvalue weighted by Gasteiger charge is 2.32. The zero-order chi connectivity index (χ0) is 14.9. The van der Waals surface area contributed by atoms with Crippen LogP contribution in [0.1, 0.15) is 18.4 Å². The third-order valence-electron chi connectivity index (χ3n) is 4.62. The maximum atomic E-state index is 12.7. The van der Waals surface area contributed by atoms with Gasteiger partial charge in [0.1, 0.15) is 0 Å². The first-order valence-electron chi connectivity index (χ1n) is 7.91. The van der Waals surface area contributed by atoms with Crippen LogP contribution in [0.15, 0.2) is 42.7 Å². The highest BCUT2D eigenvalue weighted by molar-refractivity contribution is 6.00. The lowest BCUT2D eigenvalue weighted by Gasteiger charge is -2.21. The molecular weight excluding hydrogens is 274 g/mol. The summed E-state index contributed by atoms with van der Waals surface area (Å²) >= 11 is 0. The topological polar surface area (TPSA) is 45.2 Å². The molecule has 1 atom stereocenters. The fourth-order valence-corrected chi connectivity index (χ4v) is 3.54. The molecule has 4 rings (SSSR count). The molecule has 0 spiro atoms. The smallest absolute Gasteiger partial charge is 0.244 e. The summed E-state index contributed by atoms with van der Waals surface area (Å²) in [7, 11) is 0. The second-order valence-corrected chi connectivity index (χ2v) is 5.93. The minimum atomic E-state index is -0.00648. The first kappa shape index (κ1) is 13.5. The SMILES string of the molecule is O=C([C@@H]1CCCN1)N1CCc2c(-c3cccnc3)cccc21. The second-order valence-electron chi connectivity index (χ2n) is 5.93. The summed E-state index contributed by atoms with van der Waals surface area (Å²) in [4.78, 5) is 18.9. The summed E-state index contributed by atoms with van der Waals surface area (Å²) in [5.74, 6) is 0.222. The minimum Gasteiger partial charge on any atom is -0.310 e. The molecule has 4 heteroatoms. The number of benzene rings is 1. The molecule has 0 bridgehead atoms. The fraction of sp³-hybridized carbons (Fsp3) is 0.333. The van der Waals surface area contributed by atoms with E-state index >= 15 is 0 Å². The monoisotopic (exact) mass is 293 g/mol. The Labute approximate surface area is 130 Å². The van der Waals surface area contributed by atoms with E-state index in [0.717, 1.165) is 43.6 Å². The maximum Gasteiger partial charge on any atom is 0.244 e. The van der Waals surface area contributed by atoms with Crippen molar-refractivity contribution < 1.29 is 4.79 Å². The van der Waals surface area contributed by atoms with Crippen LogP contribution in [0.3, 0.4) is 0 Å². The van der Waals surface area contributed by atoms with Crippen LogP contribution in [-0.2, 0) is 11.2 Å². The van der Waals surface area contributed by atoms with Crippen LogP contribution < -0.4 is 10.2 Å². The standard InChI is InChI=1S/C18H19N3O/c22-18(16-6-3-10-20-16)21-11-8-15-14(5-1-7-17(15)21)13-4-2-9-19-12-13/h1-2,4-5,7,9,12,16,20H,3,6,8,10-11H2/t16-/m0/s1. The van der Waals surface area contributed by atoms with Gasteiger partial charge >= 0.3 is 0 Å². The zero-order valence-electron chi connectivity index (χ0n) is 12.5. The molecule has 1 N–H and O–H groups in total. The van der Waals surface area contributed by atoms with Gasteiger partial charge in [0, 0.05) is 30.2 Å². The first-order valence-corrected chi connectivity index (χ1v) is 7.91. The highest BCUT2D eigenvalue weighted by Crippen LogP contribution is 2.36. The number of hydrogen-bond donors (Lipinski definition) is 1. The summed E-state index contributed by atoms with van der Waals surface area (Å²) in [6, 6.07) is 10.2. The molecule has 4 nitrogen and oxygen atoms in total. The summed E-state index contributed by atoms with van der Waals surface area (Å²) in [6.07, 6.45) is 6.63. The van der Waals surface area contributed by atoms with E-state index in [1.807, 2.05) is 23.2 Å². The first-order chi connectivity index (χ1) is 10.8. The van der Waals surface area contributed by atoms with Crippen LogP contribution in [0.4, 0.5) is 5.69 Å². The van der Waals surface area contributed by atoms with E-state index in [0.29, 0.717) is 0 Å². The quantitative estimate of drug-likeness (QED) is 0.924. The van der Waals surface area contributed by atoms with E-state index in [9.17, 15) is 4.79 Å². The van der Waals surface area contributed by atoms with Crippen molar-refractivity contribution >= 4 is 11.6 Å². The molecule has 1 aromatic carbocycles. The van der Waals surface area contributed by atoms with Crippen LogP contribution in [0.2, 0.25) is 0 Å². The number of carbonyl (C=O) groups is 1. The van der Waals surface area contributed by atoms with Crippen LogP contribution in [0, 0.1) is 0 Å². The van der Waals surface area contributed by atoms with Crippen molar-refractivity contribution in [3.05, 3.63) is 48.3 Å². The molecule has 0 radical (unpaired) electrons. The van der Waals surface area contributed by atoms with E-state index < -0.39 is 0 Å². The summed E-state index contributed by atoms with van der Waals surface area (Å²) in [5, 5.41) is 3.31. The number of fused-ring (bicyclic) bond motifs is 1. The van der Waals surface area contributed by atoms with Crippen molar-refractivity contribution in [1.82, 2.24) is 10.3 Å². The Kier molecular flexibility index (Phi) is 3.39. The van der Waals surface area contributed by atoms with Gasteiger partial charge in [-0.15, -0.1) is 0 Å². The predicted molar refractivity (Wildman–Crippen MR) is 86.8 cm³/mol. The lowest BCUT2D eigenvalue weighted by atomic mass is 9.99. The molecule has 1 aromatic heterocycles. The van der Waals surface area contributed by atoms with Gasteiger partial charge in [0.15, 0.2) is 0 Å². The zero-order valence-corrected chi connectivity index (χ0v) is 12.5. The predicted octanol–water partition coefficient (Wildman–Crippen LogP) is 2.39. The third-order valence-corrected chi connectivity index (χ3v) is 4.62. The normalized spacial score (nSPS) is 20.2. The lowest BCUT2D eigenvalue weighted by Crippen LogP contribution is -2.42. The van der Waals surface area contributed by atoms with E-state index in [1.165, 1.54) is 11.1 Å². The molecule has 112 valence electrons. The van der Waals surface area contributed by atoms with Gasteiger partial charge in [-0.3, -0.25) is 9.78 Å². The summed E-state index contributed by atoms with van der Waals surface area (Å²) in [5.41, 5.74) is 4.65. The van der Waals surface area contributed by atoms with Gasteiger partial charge in [-0.25, -0.2) is 0 Å².